The molecule has 176 valence electrons. The Morgan fingerprint density at radius 1 is 1.18 bits per heavy atom. The van der Waals surface area contributed by atoms with Gasteiger partial charge in [0.1, 0.15) is 11.8 Å². The van der Waals surface area contributed by atoms with Crippen LogP contribution in [0.1, 0.15) is 18.6 Å². The summed E-state index contributed by atoms with van der Waals surface area (Å²) in [6.45, 7) is -0.0210. The highest BCUT2D eigenvalue weighted by Crippen LogP contribution is 2.49. The maximum Gasteiger partial charge on any atom is 0.387 e. The smallest absolute Gasteiger partial charge is 0.387 e. The number of ether oxygens (including phenoxy) is 1. The van der Waals surface area contributed by atoms with Gasteiger partial charge in [-0.25, -0.2) is 19.2 Å². The van der Waals surface area contributed by atoms with Crippen molar-refractivity contribution in [2.75, 3.05) is 47.4 Å². The van der Waals surface area contributed by atoms with Crippen LogP contribution in [-0.4, -0.2) is 65.5 Å². The van der Waals surface area contributed by atoms with Crippen molar-refractivity contribution >= 4 is 23.3 Å². The number of rotatable bonds is 6. The quantitative estimate of drug-likeness (QED) is 0.666. The number of piperazine rings is 1. The standard InChI is InChI=1S/C21H22F3N5O4/c1-2-27-11-13(19(31)32)17(30)12-10-14(22)16(18(15(12)27)33-20(23)24)28-6-8-29(9-7-28)21-25-4-3-5-26-21/h3-5,10-11,17,20,30H,2,6-9H2,1H3,(H,31,32). The Labute approximate surface area is 187 Å². The number of nitrogens with zero attached hydrogens (tertiary/aromatic N) is 5. The summed E-state index contributed by atoms with van der Waals surface area (Å²) in [5, 5.41) is 19.9. The average molecular weight is 465 g/mol. The van der Waals surface area contributed by atoms with E-state index in [0.29, 0.717) is 19.0 Å². The summed E-state index contributed by atoms with van der Waals surface area (Å²) in [4.78, 5) is 24.7. The third-order valence-corrected chi connectivity index (χ3v) is 5.61. The van der Waals surface area contributed by atoms with E-state index in [4.69, 9.17) is 4.74 Å². The lowest BCUT2D eigenvalue weighted by molar-refractivity contribution is -0.133. The molecular weight excluding hydrogens is 443 g/mol. The molecule has 1 fully saturated rings. The zero-order valence-electron chi connectivity index (χ0n) is 17.7. The van der Waals surface area contributed by atoms with Gasteiger partial charge in [-0.3, -0.25) is 0 Å². The van der Waals surface area contributed by atoms with Crippen molar-refractivity contribution in [1.29, 1.82) is 0 Å². The van der Waals surface area contributed by atoms with Crippen LogP contribution >= 0.6 is 0 Å². The average Bonchev–Trinajstić information content (AvgIpc) is 2.80. The molecule has 1 aromatic carbocycles. The van der Waals surface area contributed by atoms with Gasteiger partial charge in [-0.05, 0) is 19.1 Å². The topological polar surface area (TPSA) is 102 Å². The van der Waals surface area contributed by atoms with Gasteiger partial charge in [0.25, 0.3) is 0 Å². The summed E-state index contributed by atoms with van der Waals surface area (Å²) in [6, 6.07) is 2.67. The maximum atomic E-state index is 15.3. The number of hydrogen-bond acceptors (Lipinski definition) is 8. The minimum atomic E-state index is -3.26. The Kier molecular flexibility index (Phi) is 6.27. The SMILES string of the molecule is CCN1C=C(C(=O)O)C(O)c2cc(F)c(N3CCN(c4ncccn4)CC3)c(OC(F)F)c21. The molecule has 12 heteroatoms. The van der Waals surface area contributed by atoms with Crippen molar-refractivity contribution in [3.05, 3.63) is 47.7 Å². The van der Waals surface area contributed by atoms with Gasteiger partial charge in [0.2, 0.25) is 5.95 Å². The third kappa shape index (κ3) is 4.25. The summed E-state index contributed by atoms with van der Waals surface area (Å²) in [5.74, 6) is -2.22. The number of benzene rings is 1. The second-order valence-electron chi connectivity index (χ2n) is 7.45. The number of aliphatic hydroxyl groups excluding tert-OH is 1. The number of carboxylic acid groups (broad SMARTS) is 1. The molecule has 9 nitrogen and oxygen atoms in total. The fourth-order valence-electron chi connectivity index (χ4n) is 4.10. The van der Waals surface area contributed by atoms with E-state index in [0.717, 1.165) is 12.3 Å². The minimum absolute atomic E-state index is 0.0144. The predicted octanol–water partition coefficient (Wildman–Crippen LogP) is 2.39. The molecule has 2 N–H and O–H groups in total. The van der Waals surface area contributed by atoms with Crippen LogP contribution in [-0.2, 0) is 4.79 Å². The molecule has 1 atom stereocenters. The number of aliphatic carboxylic acids is 1. The van der Waals surface area contributed by atoms with Gasteiger partial charge < -0.3 is 29.6 Å². The lowest BCUT2D eigenvalue weighted by Crippen LogP contribution is -2.47. The van der Waals surface area contributed by atoms with Gasteiger partial charge in [-0.15, -0.1) is 0 Å². The lowest BCUT2D eigenvalue weighted by atomic mass is 9.94. The molecule has 0 spiro atoms. The number of aromatic nitrogens is 2. The van der Waals surface area contributed by atoms with Crippen molar-refractivity contribution < 1.29 is 32.9 Å². The first-order chi connectivity index (χ1) is 15.8. The van der Waals surface area contributed by atoms with Gasteiger partial charge in [-0.1, -0.05) is 0 Å². The third-order valence-electron chi connectivity index (χ3n) is 5.61. The van der Waals surface area contributed by atoms with Crippen LogP contribution in [0, 0.1) is 5.82 Å². The predicted molar refractivity (Wildman–Crippen MR) is 113 cm³/mol. The van der Waals surface area contributed by atoms with Crippen molar-refractivity contribution in [3.8, 4) is 5.75 Å². The van der Waals surface area contributed by atoms with Gasteiger partial charge in [0.15, 0.2) is 11.6 Å². The Bertz CT molecular complexity index is 1060. The van der Waals surface area contributed by atoms with Crippen LogP contribution < -0.4 is 19.4 Å². The number of alkyl halides is 2. The second kappa shape index (κ2) is 9.14. The maximum absolute atomic E-state index is 15.3. The molecule has 33 heavy (non-hydrogen) atoms. The van der Waals surface area contributed by atoms with E-state index in [1.807, 2.05) is 4.90 Å². The van der Waals surface area contributed by atoms with E-state index in [1.54, 1.807) is 30.3 Å². The Hall–Kier alpha value is -3.54. The summed E-state index contributed by atoms with van der Waals surface area (Å²) in [6.07, 6.45) is 2.67. The van der Waals surface area contributed by atoms with E-state index < -0.39 is 35.8 Å². The normalized spacial score (nSPS) is 18.3. The van der Waals surface area contributed by atoms with Gasteiger partial charge in [0.05, 0.1) is 11.3 Å². The molecule has 2 aromatic rings. The Morgan fingerprint density at radius 3 is 2.39 bits per heavy atom. The molecule has 0 aliphatic carbocycles. The molecule has 0 radical (unpaired) electrons. The molecule has 1 unspecified atom stereocenters. The second-order valence-corrected chi connectivity index (χ2v) is 7.45. The molecule has 1 saturated heterocycles. The highest BCUT2D eigenvalue weighted by atomic mass is 19.3. The summed E-state index contributed by atoms with van der Waals surface area (Å²) < 4.78 is 46.9. The Morgan fingerprint density at radius 2 is 1.82 bits per heavy atom. The Balaban J connectivity index is 1.74. The summed E-state index contributed by atoms with van der Waals surface area (Å²) in [5.41, 5.74) is -0.693. The number of anilines is 3. The zero-order chi connectivity index (χ0) is 23.7. The van der Waals surface area contributed by atoms with Gasteiger partial charge >= 0.3 is 12.6 Å². The van der Waals surface area contributed by atoms with E-state index in [1.165, 1.54) is 4.90 Å². The van der Waals surface area contributed by atoms with Crippen LogP contribution in [0.15, 0.2) is 36.3 Å². The molecule has 0 saturated carbocycles. The monoisotopic (exact) mass is 465 g/mol. The highest BCUT2D eigenvalue weighted by molar-refractivity contribution is 5.92. The van der Waals surface area contributed by atoms with Crippen LogP contribution in [0.4, 0.5) is 30.5 Å². The number of carbonyl (C=O) groups is 1. The molecule has 0 bridgehead atoms. The summed E-state index contributed by atoms with van der Waals surface area (Å²) in [7, 11) is 0. The first-order valence-corrected chi connectivity index (χ1v) is 10.3. The number of hydrogen-bond donors (Lipinski definition) is 2. The molecular formula is C21H22F3N5O4. The van der Waals surface area contributed by atoms with Crippen LogP contribution in [0.25, 0.3) is 0 Å². The van der Waals surface area contributed by atoms with E-state index in [9.17, 15) is 23.8 Å². The number of fused-ring (bicyclic) bond motifs is 1. The molecule has 0 amide bonds. The molecule has 4 rings (SSSR count). The fourth-order valence-corrected chi connectivity index (χ4v) is 4.10. The van der Waals surface area contributed by atoms with Crippen molar-refractivity contribution in [2.24, 2.45) is 0 Å². The van der Waals surface area contributed by atoms with Crippen molar-refractivity contribution in [2.45, 2.75) is 19.6 Å². The summed E-state index contributed by atoms with van der Waals surface area (Å²) >= 11 is 0. The fraction of sp³-hybridized carbons (Fsp3) is 0.381. The molecule has 2 aliphatic heterocycles. The molecule has 1 aromatic heterocycles. The highest BCUT2D eigenvalue weighted by Gasteiger charge is 2.37. The van der Waals surface area contributed by atoms with Gasteiger partial charge in [-0.2, -0.15) is 8.78 Å². The molecule has 2 aliphatic rings. The minimum Gasteiger partial charge on any atom is -0.478 e. The van der Waals surface area contributed by atoms with Crippen LogP contribution in [0.5, 0.6) is 5.75 Å². The van der Waals surface area contributed by atoms with Crippen molar-refractivity contribution in [1.82, 2.24) is 9.97 Å². The number of carboxylic acids is 1. The van der Waals surface area contributed by atoms with E-state index in [2.05, 4.69) is 9.97 Å². The van der Waals surface area contributed by atoms with Crippen LogP contribution in [0.2, 0.25) is 0 Å². The number of halogens is 3. The van der Waals surface area contributed by atoms with E-state index >= 15 is 4.39 Å². The van der Waals surface area contributed by atoms with Gasteiger partial charge in [0, 0.05) is 56.9 Å². The molecule has 3 heterocycles. The van der Waals surface area contributed by atoms with E-state index in [-0.39, 0.29) is 36.6 Å². The lowest BCUT2D eigenvalue weighted by Gasteiger charge is -2.39. The van der Waals surface area contributed by atoms with Crippen LogP contribution in [0.3, 0.4) is 0 Å². The first-order valence-electron chi connectivity index (χ1n) is 10.3. The van der Waals surface area contributed by atoms with Crippen molar-refractivity contribution in [3.63, 3.8) is 0 Å². The zero-order valence-corrected chi connectivity index (χ0v) is 17.7. The first kappa shape index (κ1) is 22.6. The largest absolute Gasteiger partial charge is 0.478 e. The number of aliphatic hydroxyl groups is 1.